The average Bonchev–Trinajstić information content (AvgIpc) is 2.82. The molecule has 0 saturated heterocycles. The van der Waals surface area contributed by atoms with Crippen molar-refractivity contribution in [1.29, 1.82) is 0 Å². The summed E-state index contributed by atoms with van der Waals surface area (Å²) < 4.78 is 0. The van der Waals surface area contributed by atoms with Gasteiger partial charge in [0.15, 0.2) is 0 Å². The maximum absolute atomic E-state index is 2.38. The van der Waals surface area contributed by atoms with Crippen LogP contribution in [0.4, 0.5) is 0 Å². The summed E-state index contributed by atoms with van der Waals surface area (Å²) in [5, 5.41) is 0. The highest BCUT2D eigenvalue weighted by atomic mass is 14.1. The summed E-state index contributed by atoms with van der Waals surface area (Å²) in [6.07, 6.45) is 42.8. The van der Waals surface area contributed by atoms with E-state index in [9.17, 15) is 0 Å². The molecule has 0 rings (SSSR count). The monoisotopic (exact) mass is 465 g/mol. The van der Waals surface area contributed by atoms with Crippen molar-refractivity contribution in [1.82, 2.24) is 0 Å². The molecule has 0 amide bonds. The van der Waals surface area contributed by atoms with E-state index in [0.29, 0.717) is 0 Å². The van der Waals surface area contributed by atoms with Crippen LogP contribution >= 0.6 is 0 Å². The highest BCUT2D eigenvalue weighted by molar-refractivity contribution is 4.61. The maximum atomic E-state index is 2.38. The molecule has 1 unspecified atom stereocenters. The summed E-state index contributed by atoms with van der Waals surface area (Å²) in [6, 6.07) is 0. The van der Waals surface area contributed by atoms with Crippen molar-refractivity contribution in [3.05, 3.63) is 0 Å². The SMILES string of the molecule is CCCCCCCCCCCCCCCCCCCCC(CCC)CCCCCCCCC. The van der Waals surface area contributed by atoms with Crippen molar-refractivity contribution in [2.24, 2.45) is 5.92 Å². The Hall–Kier alpha value is 0. The zero-order valence-electron chi connectivity index (χ0n) is 24.1. The predicted octanol–water partition coefficient (Wildman–Crippen LogP) is 13.0. The first-order chi connectivity index (χ1) is 16.3. The molecule has 0 radical (unpaired) electrons. The third-order valence-corrected chi connectivity index (χ3v) is 7.88. The van der Waals surface area contributed by atoms with E-state index in [1.54, 1.807) is 0 Å². The van der Waals surface area contributed by atoms with Crippen LogP contribution in [0.25, 0.3) is 0 Å². The second-order valence-electron chi connectivity index (χ2n) is 11.4. The lowest BCUT2D eigenvalue weighted by atomic mass is 9.90. The summed E-state index contributed by atoms with van der Waals surface area (Å²) in [5.74, 6) is 1.03. The van der Waals surface area contributed by atoms with Crippen molar-refractivity contribution in [3.8, 4) is 0 Å². The Morgan fingerprint density at radius 3 is 0.727 bits per heavy atom. The molecule has 200 valence electrons. The number of hydrogen-bond donors (Lipinski definition) is 0. The molecule has 0 saturated carbocycles. The van der Waals surface area contributed by atoms with Crippen molar-refractivity contribution in [2.45, 2.75) is 207 Å². The molecule has 0 heterocycles. The number of unbranched alkanes of at least 4 members (excludes halogenated alkanes) is 23. The van der Waals surface area contributed by atoms with E-state index in [0.717, 1.165) is 5.92 Å². The Labute approximate surface area is 212 Å². The fraction of sp³-hybridized carbons (Fsp3) is 1.00. The van der Waals surface area contributed by atoms with Crippen molar-refractivity contribution >= 4 is 0 Å². The molecule has 0 aromatic heterocycles. The van der Waals surface area contributed by atoms with Gasteiger partial charge in [-0.05, 0) is 5.92 Å². The molecule has 0 spiro atoms. The molecular weight excluding hydrogens is 396 g/mol. The van der Waals surface area contributed by atoms with Crippen LogP contribution in [0, 0.1) is 5.92 Å². The van der Waals surface area contributed by atoms with E-state index in [2.05, 4.69) is 20.8 Å². The van der Waals surface area contributed by atoms with Crippen molar-refractivity contribution in [2.75, 3.05) is 0 Å². The van der Waals surface area contributed by atoms with Gasteiger partial charge in [0.1, 0.15) is 0 Å². The van der Waals surface area contributed by atoms with E-state index in [4.69, 9.17) is 0 Å². The summed E-state index contributed by atoms with van der Waals surface area (Å²) >= 11 is 0. The van der Waals surface area contributed by atoms with Crippen LogP contribution in [-0.2, 0) is 0 Å². The minimum Gasteiger partial charge on any atom is -0.0654 e. The van der Waals surface area contributed by atoms with E-state index in [-0.39, 0.29) is 0 Å². The van der Waals surface area contributed by atoms with E-state index in [1.165, 1.54) is 186 Å². The van der Waals surface area contributed by atoms with Gasteiger partial charge in [0.05, 0.1) is 0 Å². The maximum Gasteiger partial charge on any atom is -0.0414 e. The third-order valence-electron chi connectivity index (χ3n) is 7.88. The summed E-state index contributed by atoms with van der Waals surface area (Å²) in [7, 11) is 0. The van der Waals surface area contributed by atoms with Gasteiger partial charge >= 0.3 is 0 Å². The van der Waals surface area contributed by atoms with Gasteiger partial charge in [-0.25, -0.2) is 0 Å². The fourth-order valence-electron chi connectivity index (χ4n) is 5.57. The quantitative estimate of drug-likeness (QED) is 0.0965. The predicted molar refractivity (Wildman–Crippen MR) is 154 cm³/mol. The molecule has 33 heavy (non-hydrogen) atoms. The van der Waals surface area contributed by atoms with Gasteiger partial charge < -0.3 is 0 Å². The van der Waals surface area contributed by atoms with Crippen LogP contribution in [0.1, 0.15) is 207 Å². The molecule has 0 aliphatic heterocycles. The van der Waals surface area contributed by atoms with Gasteiger partial charge in [-0.1, -0.05) is 207 Å². The second kappa shape index (κ2) is 30.0. The first-order valence-corrected chi connectivity index (χ1v) is 16.3. The van der Waals surface area contributed by atoms with Crippen molar-refractivity contribution < 1.29 is 0 Å². The van der Waals surface area contributed by atoms with Gasteiger partial charge in [-0.2, -0.15) is 0 Å². The lowest BCUT2D eigenvalue weighted by Crippen LogP contribution is -2.00. The van der Waals surface area contributed by atoms with E-state index in [1.807, 2.05) is 0 Å². The van der Waals surface area contributed by atoms with Gasteiger partial charge in [-0.15, -0.1) is 0 Å². The molecule has 0 aliphatic carbocycles. The second-order valence-corrected chi connectivity index (χ2v) is 11.4. The molecule has 1 atom stereocenters. The Bertz CT molecular complexity index is 320. The number of hydrogen-bond acceptors (Lipinski definition) is 0. The van der Waals surface area contributed by atoms with Crippen LogP contribution in [0.5, 0.6) is 0 Å². The van der Waals surface area contributed by atoms with Crippen LogP contribution in [-0.4, -0.2) is 0 Å². The molecule has 0 fully saturated rings. The largest absolute Gasteiger partial charge is 0.0654 e. The molecule has 0 aromatic rings. The van der Waals surface area contributed by atoms with Gasteiger partial charge in [0.2, 0.25) is 0 Å². The minimum atomic E-state index is 1.03. The van der Waals surface area contributed by atoms with Gasteiger partial charge in [-0.3, -0.25) is 0 Å². The fourth-order valence-corrected chi connectivity index (χ4v) is 5.57. The van der Waals surface area contributed by atoms with Gasteiger partial charge in [0, 0.05) is 0 Å². The Kier molecular flexibility index (Phi) is 30.0. The highest BCUT2D eigenvalue weighted by Crippen LogP contribution is 2.23. The molecule has 0 bridgehead atoms. The molecule has 0 heteroatoms. The molecular formula is C33H68. The zero-order valence-corrected chi connectivity index (χ0v) is 24.1. The highest BCUT2D eigenvalue weighted by Gasteiger charge is 2.07. The molecule has 0 aromatic carbocycles. The normalized spacial score (nSPS) is 12.5. The lowest BCUT2D eigenvalue weighted by Gasteiger charge is -2.16. The first kappa shape index (κ1) is 33.0. The Morgan fingerprint density at radius 1 is 0.242 bits per heavy atom. The topological polar surface area (TPSA) is 0 Å². The minimum absolute atomic E-state index is 1.03. The van der Waals surface area contributed by atoms with Crippen LogP contribution in [0.3, 0.4) is 0 Å². The summed E-state index contributed by atoms with van der Waals surface area (Å²) in [4.78, 5) is 0. The average molecular weight is 465 g/mol. The third kappa shape index (κ3) is 28.1. The van der Waals surface area contributed by atoms with Crippen LogP contribution < -0.4 is 0 Å². The lowest BCUT2D eigenvalue weighted by molar-refractivity contribution is 0.377. The van der Waals surface area contributed by atoms with Gasteiger partial charge in [0.25, 0.3) is 0 Å². The molecule has 0 nitrogen and oxygen atoms in total. The summed E-state index contributed by atoms with van der Waals surface area (Å²) in [6.45, 7) is 7.00. The first-order valence-electron chi connectivity index (χ1n) is 16.3. The van der Waals surface area contributed by atoms with E-state index >= 15 is 0 Å². The number of rotatable bonds is 29. The zero-order chi connectivity index (χ0) is 24.1. The van der Waals surface area contributed by atoms with Crippen LogP contribution in [0.2, 0.25) is 0 Å². The Balaban J connectivity index is 3.30. The Morgan fingerprint density at radius 2 is 0.485 bits per heavy atom. The van der Waals surface area contributed by atoms with E-state index < -0.39 is 0 Å². The molecule has 0 N–H and O–H groups in total. The molecule has 0 aliphatic rings. The van der Waals surface area contributed by atoms with Crippen LogP contribution in [0.15, 0.2) is 0 Å². The van der Waals surface area contributed by atoms with Crippen molar-refractivity contribution in [3.63, 3.8) is 0 Å². The standard InChI is InChI=1S/C33H68/c1-4-7-9-11-13-14-15-16-17-18-19-20-21-22-23-25-27-29-32-33(30-6-3)31-28-26-24-12-10-8-5-2/h33H,4-32H2,1-3H3. The summed E-state index contributed by atoms with van der Waals surface area (Å²) in [5.41, 5.74) is 0. The smallest absolute Gasteiger partial charge is 0.0414 e.